The molecule has 2 heterocycles. The van der Waals surface area contributed by atoms with Gasteiger partial charge in [0.1, 0.15) is 19.0 Å². The number of fused-ring (bicyclic) bond motifs is 9. The third-order valence-corrected chi connectivity index (χ3v) is 9.35. The number of benzene rings is 6. The second-order valence-corrected chi connectivity index (χ2v) is 12.0. The van der Waals surface area contributed by atoms with Crippen molar-refractivity contribution in [2.45, 2.75) is 19.3 Å². The summed E-state index contributed by atoms with van der Waals surface area (Å²) in [5.41, 5.74) is 13.5. The summed E-state index contributed by atoms with van der Waals surface area (Å²) in [5, 5.41) is 4.49. The first-order valence-corrected chi connectivity index (χ1v) is 14.5. The summed E-state index contributed by atoms with van der Waals surface area (Å²) in [4.78, 5) is 0. The fraction of sp³-hybridized carbons (Fsp3) is 0.0769. The first kappa shape index (κ1) is 23.7. The molecule has 8 aromatic rings. The van der Waals surface area contributed by atoms with Crippen LogP contribution in [0.4, 0.5) is 0 Å². The highest BCUT2D eigenvalue weighted by atomic mass is 16.3. The van der Waals surface area contributed by atoms with Gasteiger partial charge in [-0.25, -0.2) is 0 Å². The molecule has 42 heavy (non-hydrogen) atoms. The van der Waals surface area contributed by atoms with Crippen molar-refractivity contribution in [3.63, 3.8) is 0 Å². The first-order valence-electron chi connectivity index (χ1n) is 14.5. The Hall–Kier alpha value is -5.02. The standard InChI is InChI=1S/C39H26BNO/c1-39(2)31-14-8-6-12-26(31)28-21-30-29-20-23(25-17-18-33(40)37-27-13-7-9-15-36(27)42-38(25)37)16-19-34(29)41(35(30)22-32(28)39)24-10-4-3-5-11-24/h3-22H,1-2H3. The van der Waals surface area contributed by atoms with E-state index in [2.05, 4.69) is 115 Å². The normalized spacial score (nSPS) is 13.8. The molecule has 9 rings (SSSR count). The number of nitrogens with zero attached hydrogens (tertiary/aromatic N) is 1. The molecular formula is C39H26BNO. The Bertz CT molecular complexity index is 2390. The number of rotatable bonds is 2. The molecule has 0 bridgehead atoms. The van der Waals surface area contributed by atoms with Crippen molar-refractivity contribution in [2.24, 2.45) is 0 Å². The van der Waals surface area contributed by atoms with Crippen LogP contribution in [-0.4, -0.2) is 12.4 Å². The van der Waals surface area contributed by atoms with Gasteiger partial charge in [0, 0.05) is 38.2 Å². The predicted molar refractivity (Wildman–Crippen MR) is 176 cm³/mol. The summed E-state index contributed by atoms with van der Waals surface area (Å²) < 4.78 is 8.84. The van der Waals surface area contributed by atoms with E-state index in [1.807, 2.05) is 24.3 Å². The molecule has 1 aliphatic carbocycles. The number of hydrogen-bond donors (Lipinski definition) is 0. The van der Waals surface area contributed by atoms with Crippen LogP contribution in [0.3, 0.4) is 0 Å². The minimum Gasteiger partial charge on any atom is -0.455 e. The van der Waals surface area contributed by atoms with Crippen LogP contribution in [0.15, 0.2) is 126 Å². The summed E-state index contributed by atoms with van der Waals surface area (Å²) in [6.45, 7) is 4.69. The first-order chi connectivity index (χ1) is 20.5. The third-order valence-electron chi connectivity index (χ3n) is 9.35. The van der Waals surface area contributed by atoms with Gasteiger partial charge in [-0.15, -0.1) is 0 Å². The molecule has 2 nitrogen and oxygen atoms in total. The summed E-state index contributed by atoms with van der Waals surface area (Å²) in [6, 6.07) is 43.4. The van der Waals surface area contributed by atoms with Gasteiger partial charge >= 0.3 is 0 Å². The van der Waals surface area contributed by atoms with Crippen LogP contribution in [0.5, 0.6) is 0 Å². The van der Waals surface area contributed by atoms with Gasteiger partial charge < -0.3 is 8.98 Å². The lowest BCUT2D eigenvalue weighted by Crippen LogP contribution is -2.14. The van der Waals surface area contributed by atoms with Crippen molar-refractivity contribution < 1.29 is 4.42 Å². The van der Waals surface area contributed by atoms with Gasteiger partial charge in [-0.1, -0.05) is 98.2 Å². The molecule has 1 aliphatic rings. The molecule has 3 heteroatoms. The minimum absolute atomic E-state index is 0.0693. The average molecular weight is 535 g/mol. The molecule has 0 saturated heterocycles. The largest absolute Gasteiger partial charge is 0.455 e. The fourth-order valence-electron chi connectivity index (χ4n) is 7.32. The molecule has 0 aliphatic heterocycles. The van der Waals surface area contributed by atoms with Crippen LogP contribution in [0, 0.1) is 0 Å². The molecule has 0 saturated carbocycles. The Balaban J connectivity index is 1.38. The monoisotopic (exact) mass is 535 g/mol. The zero-order chi connectivity index (χ0) is 28.2. The van der Waals surface area contributed by atoms with Crippen LogP contribution in [0.1, 0.15) is 25.0 Å². The minimum atomic E-state index is -0.0693. The molecule has 0 unspecified atom stereocenters. The molecule has 196 valence electrons. The molecule has 2 aromatic heterocycles. The van der Waals surface area contributed by atoms with Crippen molar-refractivity contribution in [1.29, 1.82) is 0 Å². The predicted octanol–water partition coefficient (Wildman–Crippen LogP) is 9.45. The Morgan fingerprint density at radius 1 is 0.595 bits per heavy atom. The number of furan rings is 1. The lowest BCUT2D eigenvalue weighted by Gasteiger charge is -2.21. The van der Waals surface area contributed by atoms with Crippen molar-refractivity contribution in [3.8, 4) is 27.9 Å². The summed E-state index contributed by atoms with van der Waals surface area (Å²) in [5.74, 6) is 0. The summed E-state index contributed by atoms with van der Waals surface area (Å²) >= 11 is 0. The van der Waals surface area contributed by atoms with E-state index in [9.17, 15) is 0 Å². The van der Waals surface area contributed by atoms with E-state index in [0.29, 0.717) is 0 Å². The van der Waals surface area contributed by atoms with E-state index in [0.717, 1.165) is 44.2 Å². The SMILES string of the molecule is [B]c1ccc(-c2ccc3c(c2)c2cc4c(cc2n3-c2ccccc2)C(C)(C)c2ccccc2-4)c2oc3ccccc3c12. The smallest absolute Gasteiger partial charge is 0.142 e. The van der Waals surface area contributed by atoms with Crippen molar-refractivity contribution in [3.05, 3.63) is 132 Å². The zero-order valence-corrected chi connectivity index (χ0v) is 23.5. The fourth-order valence-corrected chi connectivity index (χ4v) is 7.32. The van der Waals surface area contributed by atoms with Gasteiger partial charge in [-0.05, 0) is 70.3 Å². The van der Waals surface area contributed by atoms with Crippen molar-refractivity contribution in [2.75, 3.05) is 0 Å². The van der Waals surface area contributed by atoms with E-state index in [4.69, 9.17) is 12.3 Å². The van der Waals surface area contributed by atoms with E-state index in [-0.39, 0.29) is 5.41 Å². The Morgan fingerprint density at radius 3 is 2.24 bits per heavy atom. The van der Waals surface area contributed by atoms with Crippen LogP contribution < -0.4 is 5.46 Å². The van der Waals surface area contributed by atoms with Crippen LogP contribution in [-0.2, 0) is 5.41 Å². The van der Waals surface area contributed by atoms with Crippen LogP contribution in [0.2, 0.25) is 0 Å². The molecule has 2 radical (unpaired) electrons. The topological polar surface area (TPSA) is 18.1 Å². The van der Waals surface area contributed by atoms with E-state index in [1.54, 1.807) is 0 Å². The highest BCUT2D eigenvalue weighted by molar-refractivity contribution is 6.42. The Morgan fingerprint density at radius 2 is 1.36 bits per heavy atom. The van der Waals surface area contributed by atoms with Gasteiger partial charge in [-0.3, -0.25) is 0 Å². The third kappa shape index (κ3) is 3.06. The van der Waals surface area contributed by atoms with Crippen LogP contribution in [0.25, 0.3) is 71.7 Å². The molecule has 6 aromatic carbocycles. The van der Waals surface area contributed by atoms with Crippen molar-refractivity contribution >= 4 is 57.1 Å². The summed E-state index contributed by atoms with van der Waals surface area (Å²) in [7, 11) is 6.50. The van der Waals surface area contributed by atoms with Crippen LogP contribution >= 0.6 is 0 Å². The van der Waals surface area contributed by atoms with Gasteiger partial charge in [-0.2, -0.15) is 0 Å². The van der Waals surface area contributed by atoms with E-state index in [1.165, 1.54) is 44.1 Å². The number of hydrogen-bond acceptors (Lipinski definition) is 1. The average Bonchev–Trinajstić information content (AvgIpc) is 3.63. The lowest BCUT2D eigenvalue weighted by molar-refractivity contribution is 0.661. The van der Waals surface area contributed by atoms with E-state index < -0.39 is 0 Å². The maximum Gasteiger partial charge on any atom is 0.142 e. The molecule has 0 amide bonds. The molecule has 0 atom stereocenters. The quantitative estimate of drug-likeness (QED) is 0.202. The second kappa shape index (κ2) is 8.27. The number of aromatic nitrogens is 1. The highest BCUT2D eigenvalue weighted by Crippen LogP contribution is 2.51. The molecule has 0 N–H and O–H groups in total. The maximum atomic E-state index is 6.50. The Labute approximate surface area is 245 Å². The highest BCUT2D eigenvalue weighted by Gasteiger charge is 2.36. The zero-order valence-electron chi connectivity index (χ0n) is 23.5. The van der Waals surface area contributed by atoms with E-state index >= 15 is 0 Å². The van der Waals surface area contributed by atoms with Crippen molar-refractivity contribution in [1.82, 2.24) is 4.57 Å². The lowest BCUT2D eigenvalue weighted by atomic mass is 9.82. The number of para-hydroxylation sites is 2. The second-order valence-electron chi connectivity index (χ2n) is 12.0. The molecular weight excluding hydrogens is 509 g/mol. The summed E-state index contributed by atoms with van der Waals surface area (Å²) in [6.07, 6.45) is 0. The maximum absolute atomic E-state index is 6.50. The van der Waals surface area contributed by atoms with Gasteiger partial charge in [0.05, 0.1) is 11.0 Å². The molecule has 0 spiro atoms. The molecule has 0 fully saturated rings. The van der Waals surface area contributed by atoms with Gasteiger partial charge in [0.2, 0.25) is 0 Å². The Kier molecular flexibility index (Phi) is 4.66. The van der Waals surface area contributed by atoms with Gasteiger partial charge in [0.15, 0.2) is 0 Å². The van der Waals surface area contributed by atoms with Gasteiger partial charge in [0.25, 0.3) is 0 Å².